The molecule has 0 spiro atoms. The number of benzene rings is 2. The number of halogens is 1. The molecule has 2 aromatic rings. The van der Waals surface area contributed by atoms with Gasteiger partial charge in [0.1, 0.15) is 5.75 Å². The van der Waals surface area contributed by atoms with E-state index in [1.165, 1.54) is 42.6 Å². The van der Waals surface area contributed by atoms with E-state index in [4.69, 9.17) is 11.6 Å². The molecule has 0 bridgehead atoms. The van der Waals surface area contributed by atoms with Crippen LogP contribution in [0.4, 0.5) is 5.69 Å². The number of aromatic hydroxyl groups is 1. The Morgan fingerprint density at radius 3 is 2.79 bits per heavy atom. The Kier molecular flexibility index (Phi) is 5.64. The van der Waals surface area contributed by atoms with Crippen LogP contribution >= 0.6 is 11.6 Å². The van der Waals surface area contributed by atoms with E-state index in [1.54, 1.807) is 18.2 Å². The van der Waals surface area contributed by atoms with Gasteiger partial charge < -0.3 is 5.11 Å². The van der Waals surface area contributed by atoms with Crippen LogP contribution in [-0.4, -0.2) is 22.2 Å². The molecule has 0 aliphatic carbocycles. The van der Waals surface area contributed by atoms with Gasteiger partial charge in [0.05, 0.1) is 16.1 Å². The number of hydrazone groups is 1. The summed E-state index contributed by atoms with van der Waals surface area (Å²) in [5, 5.41) is 24.4. The number of para-hydroxylation sites is 1. The summed E-state index contributed by atoms with van der Waals surface area (Å²) in [6.45, 7) is 0. The number of rotatable bonds is 5. The summed E-state index contributed by atoms with van der Waals surface area (Å²) in [5.41, 5.74) is 2.58. The zero-order chi connectivity index (χ0) is 17.5. The topological polar surface area (TPSA) is 105 Å². The first kappa shape index (κ1) is 17.2. The Morgan fingerprint density at radius 2 is 2.04 bits per heavy atom. The number of carbonyl (C=O) groups is 1. The number of amides is 1. The second kappa shape index (κ2) is 7.89. The molecule has 0 aliphatic rings. The van der Waals surface area contributed by atoms with Crippen LogP contribution in [0.5, 0.6) is 5.75 Å². The molecule has 0 radical (unpaired) electrons. The highest BCUT2D eigenvalue weighted by Crippen LogP contribution is 2.21. The molecule has 2 N–H and O–H groups in total. The minimum atomic E-state index is -0.634. The molecular weight excluding hydrogens is 334 g/mol. The van der Waals surface area contributed by atoms with Gasteiger partial charge in [-0.15, -0.1) is 0 Å². The first-order chi connectivity index (χ1) is 11.5. The quantitative estimate of drug-likeness (QED) is 0.492. The van der Waals surface area contributed by atoms with Crippen LogP contribution in [0.3, 0.4) is 0 Å². The van der Waals surface area contributed by atoms with Crippen LogP contribution in [0.25, 0.3) is 6.08 Å². The van der Waals surface area contributed by atoms with Crippen molar-refractivity contribution in [2.24, 2.45) is 5.10 Å². The Balaban J connectivity index is 2.01. The minimum absolute atomic E-state index is 0.0117. The fourth-order valence-corrected chi connectivity index (χ4v) is 2.00. The van der Waals surface area contributed by atoms with Crippen LogP contribution in [0.2, 0.25) is 5.02 Å². The predicted molar refractivity (Wildman–Crippen MR) is 91.2 cm³/mol. The van der Waals surface area contributed by atoms with Crippen molar-refractivity contribution in [2.75, 3.05) is 0 Å². The SMILES string of the molecule is O=C(N/N=C\C=C\c1ccccc1[N+](=O)[O-])c1cc(Cl)ccc1O. The van der Waals surface area contributed by atoms with Crippen molar-refractivity contribution in [2.45, 2.75) is 0 Å². The van der Waals surface area contributed by atoms with Gasteiger partial charge in [-0.3, -0.25) is 14.9 Å². The van der Waals surface area contributed by atoms with Crippen LogP contribution in [0.1, 0.15) is 15.9 Å². The van der Waals surface area contributed by atoms with Crippen LogP contribution in [0, 0.1) is 10.1 Å². The predicted octanol–water partition coefficient (Wildman–Crippen LogP) is 3.38. The van der Waals surface area contributed by atoms with Crippen molar-refractivity contribution in [3.8, 4) is 5.75 Å². The second-order valence-corrected chi connectivity index (χ2v) is 4.99. The zero-order valence-corrected chi connectivity index (χ0v) is 13.0. The van der Waals surface area contributed by atoms with Gasteiger partial charge in [0.25, 0.3) is 11.6 Å². The first-order valence-electron chi connectivity index (χ1n) is 6.71. The average Bonchev–Trinajstić information content (AvgIpc) is 2.56. The lowest BCUT2D eigenvalue weighted by Crippen LogP contribution is -2.17. The van der Waals surface area contributed by atoms with Gasteiger partial charge in [-0.05, 0) is 36.4 Å². The fourth-order valence-electron chi connectivity index (χ4n) is 1.83. The summed E-state index contributed by atoms with van der Waals surface area (Å²) in [6, 6.07) is 10.3. The van der Waals surface area contributed by atoms with Gasteiger partial charge in [-0.2, -0.15) is 5.10 Å². The Hall–Kier alpha value is -3.19. The maximum atomic E-state index is 11.8. The van der Waals surface area contributed by atoms with Crippen molar-refractivity contribution in [1.82, 2.24) is 5.43 Å². The van der Waals surface area contributed by atoms with Crippen LogP contribution < -0.4 is 5.43 Å². The molecule has 1 amide bonds. The van der Waals surface area contributed by atoms with Crippen molar-refractivity contribution >= 4 is 35.5 Å². The lowest BCUT2D eigenvalue weighted by Gasteiger charge is -2.02. The number of hydrogen-bond acceptors (Lipinski definition) is 5. The highest BCUT2D eigenvalue weighted by atomic mass is 35.5. The smallest absolute Gasteiger partial charge is 0.276 e. The molecule has 0 atom stereocenters. The van der Waals surface area contributed by atoms with E-state index in [0.29, 0.717) is 10.6 Å². The molecule has 0 saturated carbocycles. The molecule has 122 valence electrons. The van der Waals surface area contributed by atoms with Gasteiger partial charge in [-0.1, -0.05) is 23.7 Å². The van der Waals surface area contributed by atoms with E-state index in [2.05, 4.69) is 10.5 Å². The van der Waals surface area contributed by atoms with Gasteiger partial charge in [0.2, 0.25) is 0 Å². The molecule has 24 heavy (non-hydrogen) atoms. The molecule has 0 fully saturated rings. The molecule has 0 aliphatic heterocycles. The number of hydrogen-bond donors (Lipinski definition) is 2. The number of nitro groups is 1. The third kappa shape index (κ3) is 4.40. The largest absolute Gasteiger partial charge is 0.507 e. The van der Waals surface area contributed by atoms with E-state index in [9.17, 15) is 20.0 Å². The highest BCUT2D eigenvalue weighted by Gasteiger charge is 2.11. The maximum absolute atomic E-state index is 11.8. The number of phenols is 1. The molecule has 8 heteroatoms. The molecule has 2 rings (SSSR count). The number of phenolic OH excluding ortho intramolecular Hbond substituents is 1. The van der Waals surface area contributed by atoms with Crippen molar-refractivity contribution in [3.63, 3.8) is 0 Å². The fraction of sp³-hybridized carbons (Fsp3) is 0. The Bertz CT molecular complexity index is 834. The number of nitrogens with zero attached hydrogens (tertiary/aromatic N) is 2. The van der Waals surface area contributed by atoms with Gasteiger partial charge >= 0.3 is 0 Å². The summed E-state index contributed by atoms with van der Waals surface area (Å²) in [7, 11) is 0. The molecule has 0 saturated heterocycles. The zero-order valence-electron chi connectivity index (χ0n) is 12.2. The lowest BCUT2D eigenvalue weighted by molar-refractivity contribution is -0.385. The Labute approximate surface area is 142 Å². The standard InChI is InChI=1S/C16H12ClN3O4/c17-12-7-8-15(21)13(10-12)16(22)19-18-9-3-5-11-4-1-2-6-14(11)20(23)24/h1-10,21H,(H,19,22)/b5-3+,18-9-. The van der Waals surface area contributed by atoms with Crippen LogP contribution in [-0.2, 0) is 0 Å². The van der Waals surface area contributed by atoms with E-state index in [1.807, 2.05) is 0 Å². The summed E-state index contributed by atoms with van der Waals surface area (Å²) in [6.07, 6.45) is 4.20. The van der Waals surface area contributed by atoms with Crippen molar-refractivity contribution in [3.05, 3.63) is 74.8 Å². The molecular formula is C16H12ClN3O4. The lowest BCUT2D eigenvalue weighted by atomic mass is 10.1. The second-order valence-electron chi connectivity index (χ2n) is 4.56. The van der Waals surface area contributed by atoms with Crippen molar-refractivity contribution < 1.29 is 14.8 Å². The monoisotopic (exact) mass is 345 g/mol. The van der Waals surface area contributed by atoms with E-state index in [-0.39, 0.29) is 17.0 Å². The summed E-state index contributed by atoms with van der Waals surface area (Å²) < 4.78 is 0. The number of allylic oxidation sites excluding steroid dienone is 1. The summed E-state index contributed by atoms with van der Waals surface area (Å²) in [5.74, 6) is -0.854. The Morgan fingerprint density at radius 1 is 1.29 bits per heavy atom. The third-order valence-corrected chi connectivity index (χ3v) is 3.17. The molecule has 0 aromatic heterocycles. The molecule has 0 heterocycles. The van der Waals surface area contributed by atoms with Crippen LogP contribution in [0.15, 0.2) is 53.6 Å². The molecule has 2 aromatic carbocycles. The summed E-state index contributed by atoms with van der Waals surface area (Å²) in [4.78, 5) is 22.2. The highest BCUT2D eigenvalue weighted by molar-refractivity contribution is 6.31. The van der Waals surface area contributed by atoms with E-state index in [0.717, 1.165) is 0 Å². The number of carbonyl (C=O) groups excluding carboxylic acids is 1. The normalized spacial score (nSPS) is 11.0. The van der Waals surface area contributed by atoms with Gasteiger partial charge in [-0.25, -0.2) is 5.43 Å². The first-order valence-corrected chi connectivity index (χ1v) is 7.09. The number of nitro benzene ring substituents is 1. The third-order valence-electron chi connectivity index (χ3n) is 2.94. The average molecular weight is 346 g/mol. The number of nitrogens with one attached hydrogen (secondary N) is 1. The van der Waals surface area contributed by atoms with Crippen molar-refractivity contribution in [1.29, 1.82) is 0 Å². The van der Waals surface area contributed by atoms with Gasteiger partial charge in [0.15, 0.2) is 0 Å². The summed E-state index contributed by atoms with van der Waals surface area (Å²) >= 11 is 5.76. The van der Waals surface area contributed by atoms with Gasteiger partial charge in [0, 0.05) is 17.3 Å². The van der Waals surface area contributed by atoms with E-state index >= 15 is 0 Å². The van der Waals surface area contributed by atoms with E-state index < -0.39 is 10.8 Å². The minimum Gasteiger partial charge on any atom is -0.507 e. The molecule has 0 unspecified atom stereocenters. The maximum Gasteiger partial charge on any atom is 0.276 e. The molecule has 7 nitrogen and oxygen atoms in total.